The van der Waals surface area contributed by atoms with Gasteiger partial charge in [-0.05, 0) is 44.6 Å². The molecule has 27 heavy (non-hydrogen) atoms. The molecule has 5 nitrogen and oxygen atoms in total. The molecule has 2 heterocycles. The van der Waals surface area contributed by atoms with E-state index >= 15 is 0 Å². The second kappa shape index (κ2) is 9.05. The van der Waals surface area contributed by atoms with E-state index in [1.54, 1.807) is 6.20 Å². The first-order valence-electron chi connectivity index (χ1n) is 9.89. The van der Waals surface area contributed by atoms with E-state index in [-0.39, 0.29) is 23.7 Å². The Morgan fingerprint density at radius 2 is 1.81 bits per heavy atom. The molecule has 2 fully saturated rings. The summed E-state index contributed by atoms with van der Waals surface area (Å²) in [6.07, 6.45) is 4.99. The lowest BCUT2D eigenvalue weighted by atomic mass is 9.90. The highest BCUT2D eigenvalue weighted by Gasteiger charge is 2.27. The Bertz CT molecular complexity index is 692. The molecule has 0 aromatic heterocycles. The molecular weight excluding hydrogens is 338 g/mol. The predicted molar refractivity (Wildman–Crippen MR) is 105 cm³/mol. The van der Waals surface area contributed by atoms with E-state index in [0.717, 1.165) is 32.4 Å². The standard InChI is InChI=1S/C22H29N3O2/c1-17-14-24(15-18(2)27-17)16-21(13-23)22(26)25-10-8-20(9-11-25)12-19-6-4-3-5-7-19/h3-7,16-18,20H,8-12,14-15H2,1-2H3/b21-16-. The number of morpholine rings is 1. The van der Waals surface area contributed by atoms with E-state index in [1.165, 1.54) is 5.56 Å². The van der Waals surface area contributed by atoms with Crippen molar-refractivity contribution in [3.8, 4) is 6.07 Å². The molecule has 0 bridgehead atoms. The fourth-order valence-corrected chi connectivity index (χ4v) is 4.10. The average molecular weight is 367 g/mol. The number of hydrogen-bond donors (Lipinski definition) is 0. The van der Waals surface area contributed by atoms with Crippen LogP contribution in [-0.4, -0.2) is 54.1 Å². The summed E-state index contributed by atoms with van der Waals surface area (Å²) in [6, 6.07) is 12.6. The van der Waals surface area contributed by atoms with Crippen molar-refractivity contribution in [2.24, 2.45) is 5.92 Å². The first kappa shape index (κ1) is 19.4. The maximum atomic E-state index is 12.8. The largest absolute Gasteiger partial charge is 0.372 e. The van der Waals surface area contributed by atoms with Crippen LogP contribution in [0.3, 0.4) is 0 Å². The normalized spacial score (nSPS) is 24.6. The van der Waals surface area contributed by atoms with Gasteiger partial charge in [0.1, 0.15) is 11.6 Å². The van der Waals surface area contributed by atoms with Crippen molar-refractivity contribution in [1.82, 2.24) is 9.80 Å². The summed E-state index contributed by atoms with van der Waals surface area (Å²) in [5, 5.41) is 9.51. The van der Waals surface area contributed by atoms with Gasteiger partial charge in [0, 0.05) is 32.4 Å². The molecule has 2 aliphatic heterocycles. The summed E-state index contributed by atoms with van der Waals surface area (Å²) in [7, 11) is 0. The molecule has 0 N–H and O–H groups in total. The first-order valence-corrected chi connectivity index (χ1v) is 9.89. The number of hydrogen-bond acceptors (Lipinski definition) is 4. The van der Waals surface area contributed by atoms with Gasteiger partial charge < -0.3 is 14.5 Å². The quantitative estimate of drug-likeness (QED) is 0.606. The van der Waals surface area contributed by atoms with E-state index < -0.39 is 0 Å². The molecule has 0 spiro atoms. The topological polar surface area (TPSA) is 56.6 Å². The van der Waals surface area contributed by atoms with Crippen LogP contribution in [0.4, 0.5) is 0 Å². The number of rotatable bonds is 4. The van der Waals surface area contributed by atoms with Gasteiger partial charge in [0.05, 0.1) is 12.2 Å². The van der Waals surface area contributed by atoms with Crippen molar-refractivity contribution in [1.29, 1.82) is 5.26 Å². The summed E-state index contributed by atoms with van der Waals surface area (Å²) < 4.78 is 5.72. The molecule has 0 radical (unpaired) electrons. The van der Waals surface area contributed by atoms with Crippen LogP contribution in [-0.2, 0) is 16.0 Å². The number of amides is 1. The average Bonchev–Trinajstić information content (AvgIpc) is 2.66. The van der Waals surface area contributed by atoms with Gasteiger partial charge in [0.2, 0.25) is 0 Å². The molecule has 2 unspecified atom stereocenters. The Kier molecular flexibility index (Phi) is 6.52. The van der Waals surface area contributed by atoms with Gasteiger partial charge in [-0.3, -0.25) is 4.79 Å². The van der Waals surface area contributed by atoms with E-state index in [1.807, 2.05) is 29.7 Å². The minimum atomic E-state index is -0.137. The van der Waals surface area contributed by atoms with Crippen molar-refractivity contribution in [2.45, 2.75) is 45.3 Å². The molecule has 144 valence electrons. The monoisotopic (exact) mass is 367 g/mol. The third kappa shape index (κ3) is 5.33. The van der Waals surface area contributed by atoms with Crippen LogP contribution in [0.15, 0.2) is 42.1 Å². The van der Waals surface area contributed by atoms with Gasteiger partial charge in [0.15, 0.2) is 0 Å². The highest BCUT2D eigenvalue weighted by atomic mass is 16.5. The van der Waals surface area contributed by atoms with Gasteiger partial charge in [-0.15, -0.1) is 0 Å². The highest BCUT2D eigenvalue weighted by Crippen LogP contribution is 2.23. The summed E-state index contributed by atoms with van der Waals surface area (Å²) in [6.45, 7) is 6.91. The number of benzene rings is 1. The van der Waals surface area contributed by atoms with Crippen LogP contribution in [0.25, 0.3) is 0 Å². The van der Waals surface area contributed by atoms with Gasteiger partial charge in [-0.25, -0.2) is 0 Å². The fraction of sp³-hybridized carbons (Fsp3) is 0.545. The maximum Gasteiger partial charge on any atom is 0.266 e. The number of likely N-dealkylation sites (tertiary alicyclic amines) is 1. The van der Waals surface area contributed by atoms with Gasteiger partial charge in [-0.2, -0.15) is 5.26 Å². The van der Waals surface area contributed by atoms with Crippen molar-refractivity contribution >= 4 is 5.91 Å². The number of nitriles is 1. The molecule has 1 aromatic carbocycles. The third-order valence-electron chi connectivity index (χ3n) is 5.38. The number of carbonyl (C=O) groups excluding carboxylic acids is 1. The second-order valence-electron chi connectivity index (χ2n) is 7.79. The Hall–Kier alpha value is -2.32. The van der Waals surface area contributed by atoms with E-state index in [2.05, 4.69) is 30.3 Å². The van der Waals surface area contributed by atoms with E-state index in [4.69, 9.17) is 4.74 Å². The zero-order chi connectivity index (χ0) is 19.2. The summed E-state index contributed by atoms with van der Waals surface area (Å²) in [4.78, 5) is 16.7. The van der Waals surface area contributed by atoms with Gasteiger partial charge >= 0.3 is 0 Å². The Balaban J connectivity index is 1.55. The molecule has 1 aromatic rings. The minimum absolute atomic E-state index is 0.105. The third-order valence-corrected chi connectivity index (χ3v) is 5.38. The Morgan fingerprint density at radius 3 is 2.41 bits per heavy atom. The summed E-state index contributed by atoms with van der Waals surface area (Å²) >= 11 is 0. The van der Waals surface area contributed by atoms with Crippen LogP contribution in [0.5, 0.6) is 0 Å². The van der Waals surface area contributed by atoms with Crippen molar-refractivity contribution in [3.63, 3.8) is 0 Å². The van der Waals surface area contributed by atoms with Gasteiger partial charge in [0.25, 0.3) is 5.91 Å². The molecule has 3 rings (SSSR count). The van der Waals surface area contributed by atoms with Crippen molar-refractivity contribution in [3.05, 3.63) is 47.7 Å². The zero-order valence-electron chi connectivity index (χ0n) is 16.3. The summed E-state index contributed by atoms with van der Waals surface area (Å²) in [5.41, 5.74) is 1.59. The molecule has 5 heteroatoms. The Morgan fingerprint density at radius 1 is 1.19 bits per heavy atom. The molecular formula is C22H29N3O2. The van der Waals surface area contributed by atoms with E-state index in [9.17, 15) is 10.1 Å². The predicted octanol–water partition coefficient (Wildman–Crippen LogP) is 2.98. The molecule has 2 saturated heterocycles. The lowest BCUT2D eigenvalue weighted by molar-refractivity contribution is -0.128. The SMILES string of the molecule is CC1CN(/C=C(/C#N)C(=O)N2CCC(Cc3ccccc3)CC2)CC(C)O1. The minimum Gasteiger partial charge on any atom is -0.372 e. The highest BCUT2D eigenvalue weighted by molar-refractivity contribution is 5.97. The lowest BCUT2D eigenvalue weighted by Gasteiger charge is -2.35. The lowest BCUT2D eigenvalue weighted by Crippen LogP contribution is -2.44. The van der Waals surface area contributed by atoms with Crippen molar-refractivity contribution < 1.29 is 9.53 Å². The molecule has 1 amide bonds. The van der Waals surface area contributed by atoms with E-state index in [0.29, 0.717) is 19.0 Å². The number of nitrogens with zero attached hydrogens (tertiary/aromatic N) is 3. The molecule has 0 saturated carbocycles. The smallest absolute Gasteiger partial charge is 0.266 e. The molecule has 2 aliphatic rings. The van der Waals surface area contributed by atoms with Crippen LogP contribution >= 0.6 is 0 Å². The van der Waals surface area contributed by atoms with Gasteiger partial charge in [-0.1, -0.05) is 30.3 Å². The number of piperidine rings is 1. The summed E-state index contributed by atoms with van der Waals surface area (Å²) in [5.74, 6) is 0.467. The Labute approximate surface area is 162 Å². The van der Waals surface area contributed by atoms with Crippen LogP contribution in [0.1, 0.15) is 32.3 Å². The van der Waals surface area contributed by atoms with Crippen LogP contribution < -0.4 is 0 Å². The second-order valence-corrected chi connectivity index (χ2v) is 7.79. The fourth-order valence-electron chi connectivity index (χ4n) is 4.10. The number of carbonyl (C=O) groups is 1. The molecule has 2 atom stereocenters. The van der Waals surface area contributed by atoms with Crippen LogP contribution in [0.2, 0.25) is 0 Å². The van der Waals surface area contributed by atoms with Crippen molar-refractivity contribution in [2.75, 3.05) is 26.2 Å². The van der Waals surface area contributed by atoms with Crippen LogP contribution in [0, 0.1) is 17.2 Å². The zero-order valence-corrected chi connectivity index (χ0v) is 16.3. The molecule has 0 aliphatic carbocycles. The first-order chi connectivity index (χ1) is 13.0. The maximum absolute atomic E-state index is 12.8. The number of ether oxygens (including phenoxy) is 1.